The van der Waals surface area contributed by atoms with Gasteiger partial charge in [-0.3, -0.25) is 0 Å². The van der Waals surface area contributed by atoms with Gasteiger partial charge < -0.3 is 18.9 Å². The van der Waals surface area contributed by atoms with Gasteiger partial charge in [0.15, 0.2) is 0 Å². The van der Waals surface area contributed by atoms with Gasteiger partial charge in [0.25, 0.3) is 0 Å². The number of ether oxygens (including phenoxy) is 4. The molecular weight excluding hydrogens is 845 g/mol. The van der Waals surface area contributed by atoms with Crippen LogP contribution in [-0.2, 0) is 71.6 Å². The van der Waals surface area contributed by atoms with E-state index < -0.39 is 0 Å². The van der Waals surface area contributed by atoms with Crippen LogP contribution in [0.4, 0.5) is 0 Å². The smallest absolute Gasteiger partial charge is 0.0721 e. The molecule has 0 bridgehead atoms. The van der Waals surface area contributed by atoms with Crippen molar-refractivity contribution >= 4 is 0 Å². The Hall–Kier alpha value is -6.40. The van der Waals surface area contributed by atoms with Crippen LogP contribution in [0.3, 0.4) is 0 Å². The predicted octanol–water partition coefficient (Wildman–Crippen LogP) is 16.1. The van der Waals surface area contributed by atoms with Crippen LogP contribution >= 0.6 is 0 Å². The molecular formula is C65H74O4. The molecule has 0 amide bonds. The topological polar surface area (TPSA) is 36.9 Å². The summed E-state index contributed by atoms with van der Waals surface area (Å²) in [5.74, 6) is 0. The summed E-state index contributed by atoms with van der Waals surface area (Å²) in [5, 5.41) is 0. The number of hydrogen-bond donors (Lipinski definition) is 0. The molecule has 8 aromatic carbocycles. The number of aryl methyl sites for hydroxylation is 8. The van der Waals surface area contributed by atoms with Gasteiger partial charge in [0.1, 0.15) is 0 Å². The van der Waals surface area contributed by atoms with Crippen molar-refractivity contribution in [2.75, 3.05) is 6.61 Å². The quantitative estimate of drug-likeness (QED) is 0.0853. The fourth-order valence-electron chi connectivity index (χ4n) is 7.22. The summed E-state index contributed by atoms with van der Waals surface area (Å²) in [5.41, 5.74) is 20.3. The standard InChI is InChI=1S/C17H20O.3C16H18O/c1-14-7-9-16(10-8-14)11-12-18-13-17-6-4-3-5-15(17)2;1-13-3-7-15(8-4-13)11-17-12-16-9-5-14(2)6-10-16;1-13-5-3-7-15(9-13)11-17-12-16-8-4-6-14(2)10-16;1-13-6-8-15(9-7-13)11-17-12-16-5-3-4-14(2)10-16/h3-10H,11-13H2,1-2H3;3*3-10H,11-12H2,1-2H3. The second-order valence-electron chi connectivity index (χ2n) is 18.1. The molecule has 0 unspecified atom stereocenters. The zero-order chi connectivity index (χ0) is 49.1. The fraction of sp³-hybridized carbons (Fsp3) is 0.262. The van der Waals surface area contributed by atoms with Gasteiger partial charge in [0, 0.05) is 0 Å². The van der Waals surface area contributed by atoms with Crippen LogP contribution in [0.2, 0.25) is 0 Å². The highest BCUT2D eigenvalue weighted by Gasteiger charge is 2.01. The lowest BCUT2D eigenvalue weighted by Crippen LogP contribution is -2.00. The Labute approximate surface area is 415 Å². The van der Waals surface area contributed by atoms with E-state index in [1.165, 1.54) is 89.0 Å². The minimum Gasteiger partial charge on any atom is -0.376 e. The molecule has 4 nitrogen and oxygen atoms in total. The molecule has 4 heteroatoms. The van der Waals surface area contributed by atoms with Crippen molar-refractivity contribution in [2.24, 2.45) is 0 Å². The van der Waals surface area contributed by atoms with Crippen molar-refractivity contribution in [1.82, 2.24) is 0 Å². The first-order chi connectivity index (χ1) is 33.5. The summed E-state index contributed by atoms with van der Waals surface area (Å²) in [6, 6.07) is 67.7. The highest BCUT2D eigenvalue weighted by Crippen LogP contribution is 2.13. The average Bonchev–Trinajstić information content (AvgIpc) is 3.34. The van der Waals surface area contributed by atoms with Crippen LogP contribution in [0.15, 0.2) is 194 Å². The number of rotatable bonds is 17. The second kappa shape index (κ2) is 30.2. The largest absolute Gasteiger partial charge is 0.376 e. The molecule has 0 atom stereocenters. The summed E-state index contributed by atoms with van der Waals surface area (Å²) in [7, 11) is 0. The molecule has 69 heavy (non-hydrogen) atoms. The van der Waals surface area contributed by atoms with E-state index >= 15 is 0 Å². The van der Waals surface area contributed by atoms with Crippen molar-refractivity contribution in [3.05, 3.63) is 283 Å². The summed E-state index contributed by atoms with van der Waals surface area (Å²) in [6.07, 6.45) is 0.978. The molecule has 0 fully saturated rings. The van der Waals surface area contributed by atoms with E-state index in [2.05, 4.69) is 250 Å². The van der Waals surface area contributed by atoms with Crippen LogP contribution in [-0.4, -0.2) is 6.61 Å². The molecule has 358 valence electrons. The molecule has 0 aliphatic heterocycles. The number of hydrogen-bond acceptors (Lipinski definition) is 4. The van der Waals surface area contributed by atoms with E-state index in [0.717, 1.165) is 13.0 Å². The van der Waals surface area contributed by atoms with E-state index in [4.69, 9.17) is 18.9 Å². The molecule has 0 aromatic heterocycles. The average molecular weight is 919 g/mol. The summed E-state index contributed by atoms with van der Waals surface area (Å²) < 4.78 is 22.8. The van der Waals surface area contributed by atoms with E-state index in [1.54, 1.807) is 0 Å². The summed E-state index contributed by atoms with van der Waals surface area (Å²) in [6.45, 7) is 22.4. The van der Waals surface area contributed by atoms with E-state index in [0.29, 0.717) is 46.2 Å². The van der Waals surface area contributed by atoms with Gasteiger partial charge in [-0.15, -0.1) is 0 Å². The maximum absolute atomic E-state index is 5.73. The molecule has 0 spiro atoms. The maximum atomic E-state index is 5.73. The van der Waals surface area contributed by atoms with Gasteiger partial charge in [-0.2, -0.15) is 0 Å². The first-order valence-electron chi connectivity index (χ1n) is 24.2. The Morgan fingerprint density at radius 2 is 0.565 bits per heavy atom. The Bertz CT molecular complexity index is 2560. The third-order valence-corrected chi connectivity index (χ3v) is 11.4. The molecule has 0 saturated carbocycles. The van der Waals surface area contributed by atoms with Crippen LogP contribution in [0, 0.1) is 55.4 Å². The van der Waals surface area contributed by atoms with E-state index in [1.807, 2.05) is 0 Å². The van der Waals surface area contributed by atoms with Gasteiger partial charge in [-0.25, -0.2) is 0 Å². The molecule has 8 aromatic rings. The number of benzene rings is 8. The Kier molecular flexibility index (Phi) is 23.4. The van der Waals surface area contributed by atoms with Crippen molar-refractivity contribution < 1.29 is 18.9 Å². The SMILES string of the molecule is Cc1ccc(CCOCc2ccccc2C)cc1.Cc1ccc(COCc2ccc(C)cc2)cc1.Cc1ccc(COCc2cccc(C)c2)cc1.Cc1cccc(COCc2cccc(C)c2)c1. The molecule has 0 N–H and O–H groups in total. The Balaban J connectivity index is 0.000000172. The second-order valence-corrected chi connectivity index (χ2v) is 18.1. The zero-order valence-corrected chi connectivity index (χ0v) is 42.5. The van der Waals surface area contributed by atoms with Gasteiger partial charge in [0.2, 0.25) is 0 Å². The predicted molar refractivity (Wildman–Crippen MR) is 288 cm³/mol. The minimum absolute atomic E-state index is 0.675. The zero-order valence-electron chi connectivity index (χ0n) is 42.5. The third kappa shape index (κ3) is 22.1. The molecule has 8 rings (SSSR count). The lowest BCUT2D eigenvalue weighted by Gasteiger charge is -2.07. The first-order valence-corrected chi connectivity index (χ1v) is 24.2. The van der Waals surface area contributed by atoms with Crippen molar-refractivity contribution in [2.45, 2.75) is 108 Å². The molecule has 0 aliphatic rings. The summed E-state index contributed by atoms with van der Waals surface area (Å²) >= 11 is 0. The normalized spacial score (nSPS) is 10.5. The Morgan fingerprint density at radius 3 is 0.899 bits per heavy atom. The van der Waals surface area contributed by atoms with Crippen LogP contribution in [0.1, 0.15) is 89.0 Å². The van der Waals surface area contributed by atoms with Crippen LogP contribution < -0.4 is 0 Å². The van der Waals surface area contributed by atoms with E-state index in [9.17, 15) is 0 Å². The first kappa shape index (κ1) is 53.6. The molecule has 0 radical (unpaired) electrons. The lowest BCUT2D eigenvalue weighted by molar-refractivity contribution is 0.107. The monoisotopic (exact) mass is 919 g/mol. The van der Waals surface area contributed by atoms with E-state index in [-0.39, 0.29) is 0 Å². The molecule has 0 aliphatic carbocycles. The molecule has 0 heterocycles. The highest BCUT2D eigenvalue weighted by molar-refractivity contribution is 5.27. The fourth-order valence-corrected chi connectivity index (χ4v) is 7.22. The van der Waals surface area contributed by atoms with Gasteiger partial charge >= 0.3 is 0 Å². The van der Waals surface area contributed by atoms with Crippen molar-refractivity contribution in [1.29, 1.82) is 0 Å². The maximum Gasteiger partial charge on any atom is 0.0721 e. The summed E-state index contributed by atoms with van der Waals surface area (Å²) in [4.78, 5) is 0. The minimum atomic E-state index is 0.675. The Morgan fingerprint density at radius 1 is 0.246 bits per heavy atom. The molecule has 0 saturated heterocycles. The van der Waals surface area contributed by atoms with Crippen molar-refractivity contribution in [3.8, 4) is 0 Å². The van der Waals surface area contributed by atoms with Crippen LogP contribution in [0.5, 0.6) is 0 Å². The highest BCUT2D eigenvalue weighted by atomic mass is 16.5. The van der Waals surface area contributed by atoms with Gasteiger partial charge in [-0.05, 0) is 112 Å². The van der Waals surface area contributed by atoms with Crippen molar-refractivity contribution in [3.63, 3.8) is 0 Å². The third-order valence-electron chi connectivity index (χ3n) is 11.4. The van der Waals surface area contributed by atoms with Crippen LogP contribution in [0.25, 0.3) is 0 Å². The lowest BCUT2D eigenvalue weighted by atomic mass is 10.1. The van der Waals surface area contributed by atoms with Gasteiger partial charge in [0.05, 0.1) is 52.9 Å². The van der Waals surface area contributed by atoms with Gasteiger partial charge in [-0.1, -0.05) is 233 Å².